The van der Waals surface area contributed by atoms with E-state index in [1.54, 1.807) is 11.8 Å². The highest BCUT2D eigenvalue weighted by atomic mass is 16.6. The molecule has 3 aliphatic rings. The van der Waals surface area contributed by atoms with Crippen LogP contribution in [0, 0.1) is 11.8 Å². The normalized spacial score (nSPS) is 27.2. The molecule has 0 radical (unpaired) electrons. The molecule has 3 unspecified atom stereocenters. The number of anilines is 1. The van der Waals surface area contributed by atoms with Gasteiger partial charge in [0.1, 0.15) is 30.2 Å². The Hall–Kier alpha value is -3.56. The fraction of sp³-hybridized carbons (Fsp3) is 0.680. The molecule has 3 saturated heterocycles. The number of piperidine rings is 1. The standard InChI is InChI=1S/C25H36N8O7/c1-2-27-23(37)19-17(34)18(35)24(40-19)33-12-29-16-20(26)30-15(31-21(16)33)4-3-13-6-9-32(10-7-13)25(38)39-11-14-5-8-28-22(14)36/h12-14,17-19,24,34-35H,2-11H2,1H3,(H,27,37)(H,28,36)(H2,26,30,31)/t14?,17?,18?,19-,24+/m0/s1. The summed E-state index contributed by atoms with van der Waals surface area (Å²) in [7, 11) is 0. The van der Waals surface area contributed by atoms with E-state index in [4.69, 9.17) is 15.2 Å². The third kappa shape index (κ3) is 5.67. The fourth-order valence-corrected chi connectivity index (χ4v) is 5.47. The average molecular weight is 561 g/mol. The predicted octanol–water partition coefficient (Wildman–Crippen LogP) is -0.919. The quantitative estimate of drug-likeness (QED) is 0.267. The number of hydrogen-bond acceptors (Lipinski definition) is 11. The first-order valence-electron chi connectivity index (χ1n) is 13.7. The van der Waals surface area contributed by atoms with Crippen molar-refractivity contribution in [3.63, 3.8) is 0 Å². The molecular formula is C25H36N8O7. The van der Waals surface area contributed by atoms with E-state index in [0.717, 1.165) is 19.3 Å². The first-order valence-corrected chi connectivity index (χ1v) is 13.7. The van der Waals surface area contributed by atoms with Gasteiger partial charge < -0.3 is 41.0 Å². The van der Waals surface area contributed by atoms with Crippen molar-refractivity contribution in [1.29, 1.82) is 0 Å². The number of likely N-dealkylation sites (N-methyl/N-ethyl adjacent to an activating group) is 1. The molecule has 0 aromatic carbocycles. The number of aliphatic hydroxyl groups is 2. The number of carbonyl (C=O) groups is 3. The van der Waals surface area contributed by atoms with Crippen LogP contribution in [0.3, 0.4) is 0 Å². The summed E-state index contributed by atoms with van der Waals surface area (Å²) in [5.41, 5.74) is 6.83. The van der Waals surface area contributed by atoms with Crippen LogP contribution in [0.4, 0.5) is 10.6 Å². The van der Waals surface area contributed by atoms with Crippen molar-refractivity contribution >= 4 is 34.9 Å². The zero-order valence-corrected chi connectivity index (χ0v) is 22.4. The third-order valence-electron chi connectivity index (χ3n) is 7.84. The Bertz CT molecular complexity index is 1250. The fourth-order valence-electron chi connectivity index (χ4n) is 5.47. The number of aryl methyl sites for hydroxylation is 1. The molecule has 0 saturated carbocycles. The minimum atomic E-state index is -1.42. The zero-order valence-electron chi connectivity index (χ0n) is 22.4. The molecule has 15 heteroatoms. The van der Waals surface area contributed by atoms with Gasteiger partial charge in [-0.2, -0.15) is 0 Å². The molecule has 218 valence electrons. The van der Waals surface area contributed by atoms with Gasteiger partial charge in [-0.15, -0.1) is 0 Å². The van der Waals surface area contributed by atoms with Gasteiger partial charge in [-0.1, -0.05) is 0 Å². The van der Waals surface area contributed by atoms with Crippen molar-refractivity contribution in [2.45, 2.75) is 63.6 Å². The number of ether oxygens (including phenoxy) is 2. The number of imidazole rings is 1. The van der Waals surface area contributed by atoms with E-state index in [2.05, 4.69) is 25.6 Å². The molecule has 0 spiro atoms. The van der Waals surface area contributed by atoms with E-state index in [1.807, 2.05) is 0 Å². The maximum atomic E-state index is 12.4. The van der Waals surface area contributed by atoms with Crippen LogP contribution in [0.1, 0.15) is 44.7 Å². The zero-order chi connectivity index (χ0) is 28.4. The maximum absolute atomic E-state index is 12.4. The van der Waals surface area contributed by atoms with Gasteiger partial charge in [0, 0.05) is 32.6 Å². The average Bonchev–Trinajstić information content (AvgIpc) is 3.64. The van der Waals surface area contributed by atoms with Gasteiger partial charge >= 0.3 is 6.09 Å². The molecule has 3 amide bonds. The van der Waals surface area contributed by atoms with Gasteiger partial charge in [-0.25, -0.2) is 19.7 Å². The molecule has 0 aliphatic carbocycles. The lowest BCUT2D eigenvalue weighted by molar-refractivity contribution is -0.137. The number of carbonyl (C=O) groups excluding carboxylic acids is 3. The predicted molar refractivity (Wildman–Crippen MR) is 139 cm³/mol. The van der Waals surface area contributed by atoms with E-state index in [9.17, 15) is 24.6 Å². The summed E-state index contributed by atoms with van der Waals surface area (Å²) in [6.07, 6.45) is -0.498. The molecule has 40 heavy (non-hydrogen) atoms. The number of nitrogen functional groups attached to an aromatic ring is 1. The van der Waals surface area contributed by atoms with E-state index >= 15 is 0 Å². The Kier molecular flexibility index (Phi) is 8.32. The van der Waals surface area contributed by atoms with Crippen molar-refractivity contribution in [2.24, 2.45) is 11.8 Å². The number of fused-ring (bicyclic) bond motifs is 1. The second-order valence-corrected chi connectivity index (χ2v) is 10.5. The van der Waals surface area contributed by atoms with Gasteiger partial charge in [0.2, 0.25) is 5.91 Å². The summed E-state index contributed by atoms with van der Waals surface area (Å²) in [6.45, 7) is 3.97. The molecule has 15 nitrogen and oxygen atoms in total. The number of rotatable bonds is 8. The molecule has 5 heterocycles. The Morgan fingerprint density at radius 3 is 2.70 bits per heavy atom. The molecule has 2 aromatic heterocycles. The lowest BCUT2D eigenvalue weighted by atomic mass is 9.92. The second kappa shape index (κ2) is 11.9. The van der Waals surface area contributed by atoms with Crippen molar-refractivity contribution in [3.8, 4) is 0 Å². The minimum absolute atomic E-state index is 0.0660. The van der Waals surface area contributed by atoms with Crippen molar-refractivity contribution in [2.75, 3.05) is 38.5 Å². The number of hydrogen-bond donors (Lipinski definition) is 5. The van der Waals surface area contributed by atoms with Gasteiger partial charge in [0.25, 0.3) is 5.91 Å². The molecule has 6 N–H and O–H groups in total. The van der Waals surface area contributed by atoms with Crippen LogP contribution in [-0.2, 0) is 25.5 Å². The van der Waals surface area contributed by atoms with Crippen LogP contribution in [0.5, 0.6) is 0 Å². The smallest absolute Gasteiger partial charge is 0.409 e. The minimum Gasteiger partial charge on any atom is -0.449 e. The number of nitrogens with one attached hydrogen (secondary N) is 2. The lowest BCUT2D eigenvalue weighted by Gasteiger charge is -2.31. The van der Waals surface area contributed by atoms with E-state index in [-0.39, 0.29) is 30.3 Å². The van der Waals surface area contributed by atoms with Crippen molar-refractivity contribution in [1.82, 2.24) is 35.1 Å². The van der Waals surface area contributed by atoms with E-state index < -0.39 is 30.4 Å². The van der Waals surface area contributed by atoms with E-state index in [0.29, 0.717) is 61.9 Å². The van der Waals surface area contributed by atoms with Crippen LogP contribution in [0.25, 0.3) is 11.2 Å². The molecule has 0 bridgehead atoms. The first-order chi connectivity index (χ1) is 19.3. The number of nitrogens with two attached hydrogens (primary N) is 1. The summed E-state index contributed by atoms with van der Waals surface area (Å²) in [5.74, 6) is 0.179. The third-order valence-corrected chi connectivity index (χ3v) is 7.84. The second-order valence-electron chi connectivity index (χ2n) is 10.5. The molecule has 5 rings (SSSR count). The molecule has 3 aliphatic heterocycles. The van der Waals surface area contributed by atoms with Gasteiger partial charge in [0.05, 0.1) is 12.2 Å². The Balaban J connectivity index is 1.17. The van der Waals surface area contributed by atoms with Crippen LogP contribution >= 0.6 is 0 Å². The Morgan fingerprint density at radius 1 is 1.23 bits per heavy atom. The van der Waals surface area contributed by atoms with Gasteiger partial charge in [-0.3, -0.25) is 14.2 Å². The maximum Gasteiger partial charge on any atom is 0.409 e. The SMILES string of the molecule is CCNC(=O)[C@H]1O[C@@H](n2cnc3c(N)nc(CCC4CCN(C(=O)OCC5CCNC5=O)CC4)nc32)C(O)C1O. The first kappa shape index (κ1) is 28.0. The number of aliphatic hydroxyl groups excluding tert-OH is 2. The summed E-state index contributed by atoms with van der Waals surface area (Å²) < 4.78 is 12.5. The summed E-state index contributed by atoms with van der Waals surface area (Å²) in [4.78, 5) is 51.3. The van der Waals surface area contributed by atoms with Crippen molar-refractivity contribution < 1.29 is 34.1 Å². The number of likely N-dealkylation sites (tertiary alicyclic amines) is 1. The Labute approximate surface area is 230 Å². The summed E-state index contributed by atoms with van der Waals surface area (Å²) in [5, 5.41) is 26.3. The van der Waals surface area contributed by atoms with Crippen LogP contribution in [0.2, 0.25) is 0 Å². The molecule has 5 atom stereocenters. The monoisotopic (exact) mass is 560 g/mol. The molecular weight excluding hydrogens is 524 g/mol. The highest BCUT2D eigenvalue weighted by Crippen LogP contribution is 2.32. The van der Waals surface area contributed by atoms with Gasteiger partial charge in [-0.05, 0) is 38.5 Å². The van der Waals surface area contributed by atoms with Crippen molar-refractivity contribution in [3.05, 3.63) is 12.2 Å². The lowest BCUT2D eigenvalue weighted by Crippen LogP contribution is -2.42. The highest BCUT2D eigenvalue weighted by Gasteiger charge is 2.47. The molecule has 3 fully saturated rings. The largest absolute Gasteiger partial charge is 0.449 e. The van der Waals surface area contributed by atoms with E-state index in [1.165, 1.54) is 10.9 Å². The highest BCUT2D eigenvalue weighted by molar-refractivity contribution is 5.83. The van der Waals surface area contributed by atoms with Crippen LogP contribution < -0.4 is 16.4 Å². The molecule has 2 aromatic rings. The van der Waals surface area contributed by atoms with Crippen LogP contribution in [-0.4, -0.2) is 104 Å². The number of amides is 3. The van der Waals surface area contributed by atoms with Crippen LogP contribution in [0.15, 0.2) is 6.33 Å². The van der Waals surface area contributed by atoms with Gasteiger partial charge in [0.15, 0.2) is 23.8 Å². The Morgan fingerprint density at radius 2 is 2.00 bits per heavy atom. The summed E-state index contributed by atoms with van der Waals surface area (Å²) in [6, 6.07) is 0. The number of nitrogens with zero attached hydrogens (tertiary/aromatic N) is 5. The number of aromatic nitrogens is 4. The topological polar surface area (TPSA) is 207 Å². The summed E-state index contributed by atoms with van der Waals surface area (Å²) >= 11 is 0.